The van der Waals surface area contributed by atoms with Gasteiger partial charge in [-0.15, -0.1) is 22.7 Å². The maximum Gasteiger partial charge on any atom is 0.169 e. The summed E-state index contributed by atoms with van der Waals surface area (Å²) < 4.78 is 0.452. The fourth-order valence-corrected chi connectivity index (χ4v) is 6.97. The SMILES string of the molecule is CC1(C)CC(=O)C(c2nc3c(O)c4sc(C5=C(O)CC(C)(C)CC5=O)nc4c(O)c3s2)=C(O)C1. The molecule has 8 nitrogen and oxygen atoms in total. The number of carbonyl (C=O) groups is 2. The molecule has 0 bridgehead atoms. The largest absolute Gasteiger partial charge is 0.511 e. The van der Waals surface area contributed by atoms with Crippen molar-refractivity contribution in [3.63, 3.8) is 0 Å². The van der Waals surface area contributed by atoms with Crippen molar-refractivity contribution in [2.45, 2.75) is 53.4 Å². The molecule has 2 heterocycles. The molecule has 4 N–H and O–H groups in total. The number of ketones is 2. The third-order valence-electron chi connectivity index (χ3n) is 6.27. The first-order chi connectivity index (χ1) is 15.8. The molecule has 0 fully saturated rings. The van der Waals surface area contributed by atoms with E-state index in [1.807, 2.05) is 27.7 Å². The molecule has 0 radical (unpaired) electrons. The number of fused-ring (bicyclic) bond motifs is 2. The fourth-order valence-electron chi connectivity index (χ4n) is 4.77. The lowest BCUT2D eigenvalue weighted by Gasteiger charge is -2.28. The topological polar surface area (TPSA) is 141 Å². The number of rotatable bonds is 2. The van der Waals surface area contributed by atoms with E-state index in [9.17, 15) is 30.0 Å². The normalized spacial score (nSPS) is 20.7. The zero-order chi connectivity index (χ0) is 24.7. The first-order valence-corrected chi connectivity index (χ1v) is 12.5. The number of aromatic nitrogens is 2. The summed E-state index contributed by atoms with van der Waals surface area (Å²) in [5, 5.41) is 43.5. The molecule has 34 heavy (non-hydrogen) atoms. The number of phenols is 2. The number of allylic oxidation sites excluding steroid dienone is 4. The van der Waals surface area contributed by atoms with E-state index in [0.717, 1.165) is 22.7 Å². The van der Waals surface area contributed by atoms with Crippen molar-refractivity contribution in [3.8, 4) is 11.5 Å². The Morgan fingerprint density at radius 1 is 0.647 bits per heavy atom. The Labute approximate surface area is 202 Å². The Balaban J connectivity index is 1.67. The van der Waals surface area contributed by atoms with E-state index in [2.05, 4.69) is 9.97 Å². The average Bonchev–Trinajstić information content (AvgIpc) is 3.28. The molecule has 178 valence electrons. The highest BCUT2D eigenvalue weighted by Crippen LogP contribution is 2.50. The molecule has 0 saturated heterocycles. The minimum absolute atomic E-state index is 0.0531. The number of aliphatic hydroxyl groups is 2. The van der Waals surface area contributed by atoms with Gasteiger partial charge in [0, 0.05) is 25.7 Å². The summed E-state index contributed by atoms with van der Waals surface area (Å²) >= 11 is 1.98. The summed E-state index contributed by atoms with van der Waals surface area (Å²) in [6.45, 7) is 7.60. The van der Waals surface area contributed by atoms with Crippen LogP contribution in [0.15, 0.2) is 11.5 Å². The van der Waals surface area contributed by atoms with Crippen LogP contribution in [0, 0.1) is 10.8 Å². The molecule has 0 spiro atoms. The maximum atomic E-state index is 12.7. The van der Waals surface area contributed by atoms with Crippen LogP contribution in [0.1, 0.15) is 63.4 Å². The molecule has 0 saturated carbocycles. The molecule has 2 aliphatic carbocycles. The zero-order valence-electron chi connectivity index (χ0n) is 19.1. The summed E-state index contributed by atoms with van der Waals surface area (Å²) in [6, 6.07) is 0. The van der Waals surface area contributed by atoms with E-state index in [4.69, 9.17) is 0 Å². The van der Waals surface area contributed by atoms with Crippen LogP contribution in [-0.2, 0) is 9.59 Å². The Hall–Kier alpha value is -2.98. The molecule has 0 unspecified atom stereocenters. The van der Waals surface area contributed by atoms with Gasteiger partial charge < -0.3 is 20.4 Å². The predicted molar refractivity (Wildman–Crippen MR) is 131 cm³/mol. The Bertz CT molecular complexity index is 1320. The van der Waals surface area contributed by atoms with Gasteiger partial charge in [0.25, 0.3) is 0 Å². The number of aromatic hydroxyl groups is 2. The molecule has 0 aliphatic heterocycles. The van der Waals surface area contributed by atoms with Crippen molar-refractivity contribution in [3.05, 3.63) is 21.5 Å². The van der Waals surface area contributed by atoms with Crippen LogP contribution in [0.3, 0.4) is 0 Å². The Morgan fingerprint density at radius 2 is 1.00 bits per heavy atom. The van der Waals surface area contributed by atoms with Gasteiger partial charge in [-0.1, -0.05) is 27.7 Å². The zero-order valence-corrected chi connectivity index (χ0v) is 20.8. The van der Waals surface area contributed by atoms with E-state index >= 15 is 0 Å². The fraction of sp³-hybridized carbons (Fsp3) is 0.417. The van der Waals surface area contributed by atoms with Gasteiger partial charge in [-0.2, -0.15) is 0 Å². The van der Waals surface area contributed by atoms with Crippen molar-refractivity contribution >= 4 is 65.8 Å². The van der Waals surface area contributed by atoms with Gasteiger partial charge in [-0.25, -0.2) is 9.97 Å². The first-order valence-electron chi connectivity index (χ1n) is 10.8. The Kier molecular flexibility index (Phi) is 4.87. The summed E-state index contributed by atoms with van der Waals surface area (Å²) in [6.07, 6.45) is 1.16. The number of phenolic OH excluding ortho intramolecular Hbond substituents is 2. The van der Waals surface area contributed by atoms with E-state index in [1.54, 1.807) is 0 Å². The van der Waals surface area contributed by atoms with Crippen LogP contribution in [0.5, 0.6) is 11.5 Å². The minimum atomic E-state index is -0.361. The van der Waals surface area contributed by atoms with Crippen LogP contribution < -0.4 is 0 Å². The molecule has 0 atom stereocenters. The van der Waals surface area contributed by atoms with Crippen molar-refractivity contribution < 1.29 is 30.0 Å². The van der Waals surface area contributed by atoms with Gasteiger partial charge in [0.1, 0.15) is 42.0 Å². The molecule has 2 aliphatic rings. The molecule has 3 aromatic rings. The summed E-state index contributed by atoms with van der Waals surface area (Å²) in [4.78, 5) is 34.2. The van der Waals surface area contributed by atoms with E-state index in [1.165, 1.54) is 0 Å². The average molecular weight is 501 g/mol. The lowest BCUT2D eigenvalue weighted by molar-refractivity contribution is -0.117. The van der Waals surface area contributed by atoms with Gasteiger partial charge in [-0.3, -0.25) is 9.59 Å². The number of benzene rings is 1. The van der Waals surface area contributed by atoms with Gasteiger partial charge >= 0.3 is 0 Å². The number of hydrogen-bond acceptors (Lipinski definition) is 10. The number of Topliss-reactive ketones (excluding diaryl/α,β-unsaturated/α-hetero) is 2. The number of nitrogens with zero attached hydrogens (tertiary/aromatic N) is 2. The molecular weight excluding hydrogens is 476 g/mol. The Morgan fingerprint density at radius 3 is 1.32 bits per heavy atom. The second-order valence-electron chi connectivity index (χ2n) is 10.6. The van der Waals surface area contributed by atoms with E-state index in [0.29, 0.717) is 12.8 Å². The van der Waals surface area contributed by atoms with Crippen molar-refractivity contribution in [1.82, 2.24) is 9.97 Å². The molecule has 2 aromatic heterocycles. The highest BCUT2D eigenvalue weighted by Gasteiger charge is 2.37. The number of aliphatic hydroxyl groups excluding tert-OH is 2. The van der Waals surface area contributed by atoms with Gasteiger partial charge in [0.05, 0.1) is 11.1 Å². The predicted octanol–water partition coefficient (Wildman–Crippen LogP) is 5.63. The number of hydrogen-bond donors (Lipinski definition) is 4. The van der Waals surface area contributed by atoms with Crippen molar-refractivity contribution in [2.24, 2.45) is 10.8 Å². The quantitative estimate of drug-likeness (QED) is 0.332. The molecule has 10 heteroatoms. The standard InChI is InChI=1S/C24H24N2O6S2/c1-23(2)5-9(27)13(10(28)6-23)21-25-15-17(31)20-16(18(32)19(15)33-21)26-22(34-20)14-11(29)7-24(3,4)8-12(14)30/h27,29,31-32H,5-8H2,1-4H3. The third kappa shape index (κ3) is 3.47. The summed E-state index contributed by atoms with van der Waals surface area (Å²) in [7, 11) is 0. The lowest BCUT2D eigenvalue weighted by Crippen LogP contribution is -2.25. The molecule has 5 rings (SSSR count). The van der Waals surface area contributed by atoms with Crippen molar-refractivity contribution in [2.75, 3.05) is 0 Å². The third-order valence-corrected chi connectivity index (χ3v) is 8.43. The van der Waals surface area contributed by atoms with Gasteiger partial charge in [0.2, 0.25) is 0 Å². The lowest BCUT2D eigenvalue weighted by atomic mass is 9.76. The summed E-state index contributed by atoms with van der Waals surface area (Å²) in [5.74, 6) is -1.06. The second-order valence-corrected chi connectivity index (χ2v) is 12.6. The van der Waals surface area contributed by atoms with Crippen LogP contribution in [-0.4, -0.2) is 42.0 Å². The first kappa shape index (κ1) is 22.8. The van der Waals surface area contributed by atoms with Crippen LogP contribution in [0.4, 0.5) is 0 Å². The smallest absolute Gasteiger partial charge is 0.169 e. The molecule has 1 aromatic carbocycles. The molecular formula is C24H24N2O6S2. The second kappa shape index (κ2) is 7.26. The number of thiazole rings is 2. The highest BCUT2D eigenvalue weighted by molar-refractivity contribution is 7.22. The van der Waals surface area contributed by atoms with Crippen LogP contribution >= 0.6 is 22.7 Å². The van der Waals surface area contributed by atoms with Crippen molar-refractivity contribution in [1.29, 1.82) is 0 Å². The van der Waals surface area contributed by atoms with Gasteiger partial charge in [0.15, 0.2) is 23.1 Å². The minimum Gasteiger partial charge on any atom is -0.511 e. The van der Waals surface area contributed by atoms with E-state index < -0.39 is 0 Å². The highest BCUT2D eigenvalue weighted by atomic mass is 32.1. The van der Waals surface area contributed by atoms with Crippen LogP contribution in [0.2, 0.25) is 0 Å². The monoisotopic (exact) mass is 500 g/mol. The number of carbonyl (C=O) groups excluding carboxylic acids is 2. The summed E-state index contributed by atoms with van der Waals surface area (Å²) in [5.41, 5.74) is -0.315. The molecule has 0 amide bonds. The van der Waals surface area contributed by atoms with E-state index in [-0.39, 0.29) is 99.9 Å². The van der Waals surface area contributed by atoms with Gasteiger partial charge in [-0.05, 0) is 10.8 Å². The van der Waals surface area contributed by atoms with Crippen LogP contribution in [0.25, 0.3) is 31.6 Å². The maximum absolute atomic E-state index is 12.7.